The summed E-state index contributed by atoms with van der Waals surface area (Å²) < 4.78 is 0. The van der Waals surface area contributed by atoms with Crippen LogP contribution in [-0.2, 0) is 0 Å². The van der Waals surface area contributed by atoms with Crippen molar-refractivity contribution in [3.63, 3.8) is 0 Å². The number of fused-ring (bicyclic) bond motifs is 1. The maximum Gasteiger partial charge on any atom is 0.267 e. The first-order valence-corrected chi connectivity index (χ1v) is 14.3. The lowest BCUT2D eigenvalue weighted by atomic mass is 9.99. The van der Waals surface area contributed by atoms with E-state index in [0.29, 0.717) is 26.6 Å². The number of amides is 1. The molecule has 6 aromatic rings. The molecule has 194 valence electrons. The van der Waals surface area contributed by atoms with Gasteiger partial charge >= 0.3 is 0 Å². The predicted octanol–water partition coefficient (Wildman–Crippen LogP) is 8.42. The summed E-state index contributed by atoms with van der Waals surface area (Å²) in [7, 11) is 0. The highest BCUT2D eigenvalue weighted by Gasteiger charge is 2.22. The third kappa shape index (κ3) is 5.20. The van der Waals surface area contributed by atoms with Gasteiger partial charge in [0.25, 0.3) is 5.91 Å². The number of allylic oxidation sites excluding steroid dienone is 1. The Hall–Kier alpha value is -4.85. The van der Waals surface area contributed by atoms with E-state index in [-0.39, 0.29) is 11.7 Å². The molecule has 0 saturated heterocycles. The van der Waals surface area contributed by atoms with Crippen LogP contribution in [0.1, 0.15) is 24.9 Å². The molecule has 0 unspecified atom stereocenters. The highest BCUT2D eigenvalue weighted by atomic mass is 32.1. The molecular weight excluding hydrogens is 535 g/mol. The number of ketones is 1. The summed E-state index contributed by atoms with van der Waals surface area (Å²) in [5, 5.41) is 5.65. The fourth-order valence-electron chi connectivity index (χ4n) is 4.44. The number of hydrogen-bond acceptors (Lipinski definition) is 6. The van der Waals surface area contributed by atoms with Crippen LogP contribution in [0.15, 0.2) is 115 Å². The number of rotatable bonds is 7. The minimum absolute atomic E-state index is 0.103. The van der Waals surface area contributed by atoms with Crippen molar-refractivity contribution in [3.8, 4) is 22.4 Å². The van der Waals surface area contributed by atoms with Crippen LogP contribution in [0.2, 0.25) is 0 Å². The number of benzene rings is 3. The predicted molar refractivity (Wildman–Crippen MR) is 167 cm³/mol. The van der Waals surface area contributed by atoms with E-state index < -0.39 is 0 Å². The van der Waals surface area contributed by atoms with Gasteiger partial charge in [-0.25, -0.2) is 4.98 Å². The largest absolute Gasteiger partial charge is 0.397 e. The smallest absolute Gasteiger partial charge is 0.267 e. The van der Waals surface area contributed by atoms with E-state index in [1.807, 2.05) is 84.2 Å². The lowest BCUT2D eigenvalue weighted by Crippen LogP contribution is -2.12. The Morgan fingerprint density at radius 1 is 0.825 bits per heavy atom. The van der Waals surface area contributed by atoms with E-state index in [2.05, 4.69) is 5.32 Å². The zero-order valence-corrected chi connectivity index (χ0v) is 22.8. The van der Waals surface area contributed by atoms with Gasteiger partial charge in [-0.15, -0.1) is 22.7 Å². The van der Waals surface area contributed by atoms with Gasteiger partial charge in [0.1, 0.15) is 9.71 Å². The average Bonchev–Trinajstić information content (AvgIpc) is 3.64. The van der Waals surface area contributed by atoms with Gasteiger partial charge < -0.3 is 11.1 Å². The highest BCUT2D eigenvalue weighted by Crippen LogP contribution is 2.41. The first-order valence-electron chi connectivity index (χ1n) is 12.6. The number of nitrogens with one attached hydrogen (secondary N) is 1. The molecule has 3 aromatic heterocycles. The molecule has 3 heterocycles. The first kappa shape index (κ1) is 25.4. The molecule has 7 heteroatoms. The summed E-state index contributed by atoms with van der Waals surface area (Å²) in [6.07, 6.45) is 3.35. The quantitative estimate of drug-likeness (QED) is 0.152. The average molecular weight is 558 g/mol. The molecule has 0 atom stereocenters. The number of thiophene rings is 2. The Bertz CT molecular complexity index is 1840. The lowest BCUT2D eigenvalue weighted by molar-refractivity contribution is 0.102. The van der Waals surface area contributed by atoms with Gasteiger partial charge in [0.15, 0.2) is 5.78 Å². The zero-order chi connectivity index (χ0) is 27.5. The molecule has 3 aromatic carbocycles. The Balaban J connectivity index is 1.30. The van der Waals surface area contributed by atoms with Crippen molar-refractivity contribution in [2.75, 3.05) is 11.1 Å². The van der Waals surface area contributed by atoms with E-state index in [1.54, 1.807) is 47.8 Å². The summed E-state index contributed by atoms with van der Waals surface area (Å²) in [5.74, 6) is -0.425. The lowest BCUT2D eigenvalue weighted by Gasteiger charge is -2.09. The van der Waals surface area contributed by atoms with Crippen LogP contribution in [0.25, 0.3) is 38.7 Å². The number of nitrogens with two attached hydrogens (primary N) is 1. The van der Waals surface area contributed by atoms with Crippen molar-refractivity contribution in [2.45, 2.75) is 0 Å². The number of hydrogen-bond donors (Lipinski definition) is 2. The van der Waals surface area contributed by atoms with Crippen molar-refractivity contribution >= 4 is 62.0 Å². The molecule has 6 rings (SSSR count). The molecule has 0 aliphatic rings. The maximum absolute atomic E-state index is 13.4. The Kier molecular flexibility index (Phi) is 7.06. The third-order valence-corrected chi connectivity index (χ3v) is 8.36. The molecule has 0 spiro atoms. The standard InChI is InChI=1S/C33H23N3O2S2/c34-30-29-26(21-8-3-1-4-9-21)20-27(22-10-5-2-6-11-22)36-33(29)40-31(30)32(38)35-24-15-13-23(14-16-24)28(37)18-17-25-12-7-19-39-25/h1-20H,34H2,(H,35,38)/b18-17+. The number of carbonyl (C=O) groups is 2. The fraction of sp³-hybridized carbons (Fsp3) is 0. The SMILES string of the molecule is Nc1c(C(=O)Nc2ccc(C(=O)/C=C/c3cccs3)cc2)sc2nc(-c3ccccc3)cc(-c3ccccc3)c12. The molecule has 0 saturated carbocycles. The van der Waals surface area contributed by atoms with Gasteiger partial charge in [-0.05, 0) is 65.1 Å². The van der Waals surface area contributed by atoms with Crippen LogP contribution in [0.3, 0.4) is 0 Å². The number of anilines is 2. The van der Waals surface area contributed by atoms with Crippen LogP contribution >= 0.6 is 22.7 Å². The van der Waals surface area contributed by atoms with Crippen molar-refractivity contribution in [1.29, 1.82) is 0 Å². The number of pyridine rings is 1. The van der Waals surface area contributed by atoms with E-state index in [4.69, 9.17) is 10.7 Å². The number of nitrogens with zero attached hydrogens (tertiary/aromatic N) is 1. The van der Waals surface area contributed by atoms with Crippen molar-refractivity contribution in [1.82, 2.24) is 4.98 Å². The van der Waals surface area contributed by atoms with Crippen molar-refractivity contribution < 1.29 is 9.59 Å². The normalized spacial score (nSPS) is 11.2. The molecule has 40 heavy (non-hydrogen) atoms. The summed E-state index contributed by atoms with van der Waals surface area (Å²) in [4.78, 5) is 32.9. The Morgan fingerprint density at radius 2 is 1.52 bits per heavy atom. The molecule has 3 N–H and O–H groups in total. The van der Waals surface area contributed by atoms with Gasteiger partial charge in [-0.1, -0.05) is 66.7 Å². The summed E-state index contributed by atoms with van der Waals surface area (Å²) >= 11 is 2.84. The van der Waals surface area contributed by atoms with Gasteiger partial charge in [-0.2, -0.15) is 0 Å². The molecule has 1 amide bonds. The summed E-state index contributed by atoms with van der Waals surface area (Å²) in [5.41, 5.74) is 11.8. The molecule has 5 nitrogen and oxygen atoms in total. The molecule has 0 radical (unpaired) electrons. The van der Waals surface area contributed by atoms with Crippen LogP contribution in [0.5, 0.6) is 0 Å². The van der Waals surface area contributed by atoms with Gasteiger partial charge in [0.05, 0.1) is 11.4 Å². The first-order chi connectivity index (χ1) is 19.6. The van der Waals surface area contributed by atoms with Gasteiger partial charge in [-0.3, -0.25) is 9.59 Å². The number of carbonyl (C=O) groups excluding carboxylic acids is 2. The van der Waals surface area contributed by atoms with Gasteiger partial charge in [0.2, 0.25) is 0 Å². The van der Waals surface area contributed by atoms with Crippen LogP contribution in [0.4, 0.5) is 11.4 Å². The Labute approximate surface area is 239 Å². The van der Waals surface area contributed by atoms with Gasteiger partial charge in [0, 0.05) is 27.1 Å². The topological polar surface area (TPSA) is 85.1 Å². The Morgan fingerprint density at radius 3 is 2.20 bits per heavy atom. The fourth-order valence-corrected chi connectivity index (χ4v) is 6.07. The molecular formula is C33H23N3O2S2. The second-order valence-electron chi connectivity index (χ2n) is 9.06. The highest BCUT2D eigenvalue weighted by molar-refractivity contribution is 7.21. The monoisotopic (exact) mass is 557 g/mol. The van der Waals surface area contributed by atoms with E-state index in [9.17, 15) is 9.59 Å². The second-order valence-corrected chi connectivity index (χ2v) is 11.0. The zero-order valence-electron chi connectivity index (χ0n) is 21.2. The minimum atomic E-state index is -0.322. The van der Waals surface area contributed by atoms with E-state index in [0.717, 1.165) is 32.6 Å². The third-order valence-electron chi connectivity index (χ3n) is 6.43. The summed E-state index contributed by atoms with van der Waals surface area (Å²) in [6.45, 7) is 0. The van der Waals surface area contributed by atoms with Crippen molar-refractivity contribution in [2.24, 2.45) is 0 Å². The summed E-state index contributed by atoms with van der Waals surface area (Å²) in [6, 6.07) is 32.7. The van der Waals surface area contributed by atoms with Crippen LogP contribution in [-0.4, -0.2) is 16.7 Å². The minimum Gasteiger partial charge on any atom is -0.397 e. The molecule has 0 fully saturated rings. The maximum atomic E-state index is 13.4. The van der Waals surface area contributed by atoms with Crippen LogP contribution < -0.4 is 11.1 Å². The van der Waals surface area contributed by atoms with E-state index in [1.165, 1.54) is 11.3 Å². The molecule has 0 bridgehead atoms. The van der Waals surface area contributed by atoms with E-state index >= 15 is 0 Å². The number of nitrogen functional groups attached to an aromatic ring is 1. The van der Waals surface area contributed by atoms with Crippen LogP contribution in [0, 0.1) is 0 Å². The number of aromatic nitrogens is 1. The molecule has 0 aliphatic heterocycles. The van der Waals surface area contributed by atoms with Crippen molar-refractivity contribution in [3.05, 3.63) is 130 Å². The molecule has 0 aliphatic carbocycles. The second kappa shape index (κ2) is 11.1.